The van der Waals surface area contributed by atoms with E-state index < -0.39 is 5.97 Å². The zero-order valence-corrected chi connectivity index (χ0v) is 10.5. The fraction of sp³-hybridized carbons (Fsp3) is 0.0714. The lowest BCUT2D eigenvalue weighted by molar-refractivity contribution is -0.112. The highest BCUT2D eigenvalue weighted by Crippen LogP contribution is 2.10. The number of amides is 1. The summed E-state index contributed by atoms with van der Waals surface area (Å²) < 4.78 is 0. The first-order valence-electron chi connectivity index (χ1n) is 5.54. The number of allylic oxidation sites excluding steroid dienone is 3. The van der Waals surface area contributed by atoms with Crippen LogP contribution in [0.4, 0.5) is 5.69 Å². The number of carboxylic acid groups (broad SMARTS) is 1. The van der Waals surface area contributed by atoms with Crippen LogP contribution in [0, 0.1) is 0 Å². The Balaban J connectivity index is 2.92. The smallest absolute Gasteiger partial charge is 0.354 e. The molecule has 0 saturated carbocycles. The molecule has 0 radical (unpaired) electrons. The minimum Gasteiger partial charge on any atom is -0.477 e. The highest BCUT2D eigenvalue weighted by atomic mass is 16.4. The van der Waals surface area contributed by atoms with Crippen LogP contribution in [-0.4, -0.2) is 22.0 Å². The average molecular weight is 258 g/mol. The van der Waals surface area contributed by atoms with Crippen LogP contribution >= 0.6 is 0 Å². The molecule has 5 nitrogen and oxygen atoms in total. The monoisotopic (exact) mass is 258 g/mol. The SMILES string of the molecule is C=C/C=C(\C=C/C)C(=O)Nc1ccnc(C(=O)O)c1. The van der Waals surface area contributed by atoms with Crippen LogP contribution in [0.25, 0.3) is 0 Å². The van der Waals surface area contributed by atoms with Gasteiger partial charge >= 0.3 is 5.97 Å². The van der Waals surface area contributed by atoms with E-state index >= 15 is 0 Å². The molecule has 0 saturated heterocycles. The Labute approximate surface area is 111 Å². The molecule has 98 valence electrons. The van der Waals surface area contributed by atoms with E-state index in [0.29, 0.717) is 11.3 Å². The van der Waals surface area contributed by atoms with E-state index in [9.17, 15) is 9.59 Å². The van der Waals surface area contributed by atoms with E-state index in [1.165, 1.54) is 24.4 Å². The zero-order chi connectivity index (χ0) is 14.3. The second-order valence-electron chi connectivity index (χ2n) is 3.55. The third kappa shape index (κ3) is 4.23. The molecule has 1 rings (SSSR count). The summed E-state index contributed by atoms with van der Waals surface area (Å²) in [5.41, 5.74) is 0.668. The number of aromatic nitrogens is 1. The average Bonchev–Trinajstić information content (AvgIpc) is 2.38. The van der Waals surface area contributed by atoms with Crippen molar-refractivity contribution >= 4 is 17.6 Å². The van der Waals surface area contributed by atoms with Crippen LogP contribution in [0.15, 0.2) is 54.8 Å². The molecule has 1 aromatic rings. The van der Waals surface area contributed by atoms with Gasteiger partial charge in [-0.25, -0.2) is 9.78 Å². The van der Waals surface area contributed by atoms with Gasteiger partial charge in [0.25, 0.3) is 5.91 Å². The van der Waals surface area contributed by atoms with Crippen molar-refractivity contribution in [3.8, 4) is 0 Å². The highest BCUT2D eigenvalue weighted by molar-refractivity contribution is 6.06. The Morgan fingerprint density at radius 3 is 2.79 bits per heavy atom. The summed E-state index contributed by atoms with van der Waals surface area (Å²) in [6.07, 6.45) is 7.75. The number of pyridine rings is 1. The van der Waals surface area contributed by atoms with Crippen LogP contribution in [0.5, 0.6) is 0 Å². The number of nitrogens with zero attached hydrogens (tertiary/aromatic N) is 1. The highest BCUT2D eigenvalue weighted by Gasteiger charge is 2.09. The van der Waals surface area contributed by atoms with E-state index in [-0.39, 0.29) is 11.6 Å². The molecular weight excluding hydrogens is 244 g/mol. The molecule has 1 heterocycles. The maximum Gasteiger partial charge on any atom is 0.354 e. The second kappa shape index (κ2) is 6.90. The molecule has 0 aromatic carbocycles. The molecule has 0 unspecified atom stereocenters. The van der Waals surface area contributed by atoms with Gasteiger partial charge in [-0.1, -0.05) is 30.9 Å². The largest absolute Gasteiger partial charge is 0.477 e. The summed E-state index contributed by atoms with van der Waals surface area (Å²) in [5.74, 6) is -1.49. The zero-order valence-electron chi connectivity index (χ0n) is 10.5. The van der Waals surface area contributed by atoms with Crippen molar-refractivity contribution in [2.45, 2.75) is 6.92 Å². The van der Waals surface area contributed by atoms with Gasteiger partial charge in [-0.15, -0.1) is 0 Å². The summed E-state index contributed by atoms with van der Waals surface area (Å²) in [7, 11) is 0. The first-order chi connectivity index (χ1) is 9.08. The second-order valence-corrected chi connectivity index (χ2v) is 3.55. The Kier molecular flexibility index (Phi) is 5.22. The normalized spacial score (nSPS) is 11.3. The fourth-order valence-corrected chi connectivity index (χ4v) is 1.34. The van der Waals surface area contributed by atoms with Crippen LogP contribution in [0.2, 0.25) is 0 Å². The predicted molar refractivity (Wildman–Crippen MR) is 72.9 cm³/mol. The van der Waals surface area contributed by atoms with Gasteiger partial charge in [-0.2, -0.15) is 0 Å². The van der Waals surface area contributed by atoms with Crippen molar-refractivity contribution in [3.05, 3.63) is 60.5 Å². The maximum absolute atomic E-state index is 11.9. The standard InChI is InChI=1S/C14H14N2O3/c1-3-5-10(6-4-2)13(17)16-11-7-8-15-12(9-11)14(18)19/h3-9H,1H2,2H3,(H,18,19)(H,15,16,17)/b6-4-,10-5+. The van der Waals surface area contributed by atoms with Gasteiger partial charge in [-0.05, 0) is 19.1 Å². The number of carbonyl (C=O) groups is 2. The van der Waals surface area contributed by atoms with Crippen molar-refractivity contribution in [2.24, 2.45) is 0 Å². The van der Waals surface area contributed by atoms with Crippen molar-refractivity contribution in [1.82, 2.24) is 4.98 Å². The third-order valence-corrected chi connectivity index (χ3v) is 2.14. The summed E-state index contributed by atoms with van der Waals surface area (Å²) in [4.78, 5) is 26.4. The van der Waals surface area contributed by atoms with E-state index in [0.717, 1.165) is 0 Å². The molecule has 1 aromatic heterocycles. The van der Waals surface area contributed by atoms with Gasteiger partial charge in [0.05, 0.1) is 0 Å². The molecule has 2 N–H and O–H groups in total. The molecule has 0 aliphatic carbocycles. The predicted octanol–water partition coefficient (Wildman–Crippen LogP) is 2.41. The molecule has 1 amide bonds. The molecule has 19 heavy (non-hydrogen) atoms. The molecule has 0 fully saturated rings. The Bertz CT molecular complexity index is 560. The third-order valence-electron chi connectivity index (χ3n) is 2.14. The summed E-state index contributed by atoms with van der Waals surface area (Å²) >= 11 is 0. The van der Waals surface area contributed by atoms with Crippen molar-refractivity contribution in [1.29, 1.82) is 0 Å². The van der Waals surface area contributed by atoms with Crippen LogP contribution < -0.4 is 5.32 Å². The summed E-state index contributed by atoms with van der Waals surface area (Å²) in [6, 6.07) is 2.81. The number of anilines is 1. The van der Waals surface area contributed by atoms with Crippen LogP contribution in [-0.2, 0) is 4.79 Å². The quantitative estimate of drug-likeness (QED) is 0.628. The number of hydrogen-bond donors (Lipinski definition) is 2. The number of hydrogen-bond acceptors (Lipinski definition) is 3. The van der Waals surface area contributed by atoms with E-state index in [2.05, 4.69) is 16.9 Å². The number of aromatic carboxylic acids is 1. The van der Waals surface area contributed by atoms with Crippen molar-refractivity contribution in [3.63, 3.8) is 0 Å². The Morgan fingerprint density at radius 1 is 1.47 bits per heavy atom. The van der Waals surface area contributed by atoms with Gasteiger partial charge in [-0.3, -0.25) is 4.79 Å². The topological polar surface area (TPSA) is 79.3 Å². The molecule has 5 heteroatoms. The first kappa shape index (κ1) is 14.4. The molecule has 0 atom stereocenters. The fourth-order valence-electron chi connectivity index (χ4n) is 1.34. The van der Waals surface area contributed by atoms with E-state index in [4.69, 9.17) is 5.11 Å². The first-order valence-corrected chi connectivity index (χ1v) is 5.54. The minimum atomic E-state index is -1.15. The molecule has 0 bridgehead atoms. The van der Waals surface area contributed by atoms with Crippen LogP contribution in [0.1, 0.15) is 17.4 Å². The Morgan fingerprint density at radius 2 is 2.21 bits per heavy atom. The summed E-state index contributed by atoms with van der Waals surface area (Å²) in [5, 5.41) is 11.4. The molecular formula is C14H14N2O3. The Hall–Kier alpha value is -2.69. The molecule has 0 aliphatic heterocycles. The van der Waals surface area contributed by atoms with Gasteiger partial charge < -0.3 is 10.4 Å². The van der Waals surface area contributed by atoms with Gasteiger partial charge in [0.15, 0.2) is 0 Å². The maximum atomic E-state index is 11.9. The number of rotatable bonds is 5. The van der Waals surface area contributed by atoms with Crippen molar-refractivity contribution in [2.75, 3.05) is 5.32 Å². The summed E-state index contributed by atoms with van der Waals surface area (Å²) in [6.45, 7) is 5.32. The lowest BCUT2D eigenvalue weighted by atomic mass is 10.2. The molecule has 0 spiro atoms. The van der Waals surface area contributed by atoms with Gasteiger partial charge in [0.2, 0.25) is 0 Å². The number of nitrogens with one attached hydrogen (secondary N) is 1. The van der Waals surface area contributed by atoms with Gasteiger partial charge in [0.1, 0.15) is 5.69 Å². The van der Waals surface area contributed by atoms with Crippen molar-refractivity contribution < 1.29 is 14.7 Å². The number of carboxylic acids is 1. The number of carbonyl (C=O) groups excluding carboxylic acids is 1. The minimum absolute atomic E-state index is 0.127. The van der Waals surface area contributed by atoms with E-state index in [1.807, 2.05) is 0 Å². The molecule has 0 aliphatic rings. The lowest BCUT2D eigenvalue weighted by Crippen LogP contribution is -2.14. The van der Waals surface area contributed by atoms with E-state index in [1.54, 1.807) is 25.2 Å². The van der Waals surface area contributed by atoms with Crippen LogP contribution in [0.3, 0.4) is 0 Å². The van der Waals surface area contributed by atoms with Gasteiger partial charge in [0, 0.05) is 17.5 Å². The lowest BCUT2D eigenvalue weighted by Gasteiger charge is -2.06.